The van der Waals surface area contributed by atoms with Crippen molar-refractivity contribution < 1.29 is 8.42 Å². The summed E-state index contributed by atoms with van der Waals surface area (Å²) in [5.41, 5.74) is 3.38. The molecule has 1 aromatic heterocycles. The maximum atomic E-state index is 11.7. The van der Waals surface area contributed by atoms with Crippen molar-refractivity contribution in [3.05, 3.63) is 41.6 Å². The van der Waals surface area contributed by atoms with E-state index in [1.165, 1.54) is 21.5 Å². The first-order chi connectivity index (χ1) is 11.3. The van der Waals surface area contributed by atoms with Gasteiger partial charge >= 0.3 is 0 Å². The number of benzene rings is 1. The summed E-state index contributed by atoms with van der Waals surface area (Å²) in [6, 6.07) is 10.5. The summed E-state index contributed by atoms with van der Waals surface area (Å²) in [6.07, 6.45) is 3.04. The maximum absolute atomic E-state index is 11.7. The SMILES string of the molecule is Cc1cc(CN2CCC(N(C)S(C)(=O)=O)CC2)c2ccccc2n1. The third kappa shape index (κ3) is 3.77. The average molecular weight is 347 g/mol. The van der Waals surface area contributed by atoms with Crippen LogP contribution in [0.15, 0.2) is 30.3 Å². The topological polar surface area (TPSA) is 53.5 Å². The molecule has 0 radical (unpaired) electrons. The summed E-state index contributed by atoms with van der Waals surface area (Å²) >= 11 is 0. The van der Waals surface area contributed by atoms with Crippen molar-refractivity contribution in [2.24, 2.45) is 0 Å². The number of hydrogen-bond acceptors (Lipinski definition) is 4. The molecule has 0 atom stereocenters. The molecule has 1 aliphatic rings. The normalized spacial score (nSPS) is 17.7. The van der Waals surface area contributed by atoms with Crippen LogP contribution < -0.4 is 0 Å². The monoisotopic (exact) mass is 347 g/mol. The standard InChI is InChI=1S/C18H25N3O2S/c1-14-12-15(17-6-4-5-7-18(17)19-14)13-21-10-8-16(9-11-21)20(2)24(3,22)23/h4-7,12,16H,8-11,13H2,1-3H3. The van der Waals surface area contributed by atoms with Crippen LogP contribution in [0.3, 0.4) is 0 Å². The van der Waals surface area contributed by atoms with Crippen LogP contribution >= 0.6 is 0 Å². The summed E-state index contributed by atoms with van der Waals surface area (Å²) in [6.45, 7) is 4.75. The molecule has 6 heteroatoms. The fourth-order valence-electron chi connectivity index (χ4n) is 3.48. The van der Waals surface area contributed by atoms with E-state index in [2.05, 4.69) is 34.1 Å². The number of likely N-dealkylation sites (tertiary alicyclic amines) is 1. The molecule has 1 aliphatic heterocycles. The Hall–Kier alpha value is -1.50. The van der Waals surface area contributed by atoms with Gasteiger partial charge in [-0.25, -0.2) is 12.7 Å². The summed E-state index contributed by atoms with van der Waals surface area (Å²) in [5.74, 6) is 0. The lowest BCUT2D eigenvalue weighted by Crippen LogP contribution is -2.44. The summed E-state index contributed by atoms with van der Waals surface area (Å²) in [4.78, 5) is 7.01. The molecule has 0 N–H and O–H groups in total. The number of nitrogens with zero attached hydrogens (tertiary/aromatic N) is 3. The Bertz CT molecular complexity index is 827. The predicted molar refractivity (Wildman–Crippen MR) is 97.4 cm³/mol. The number of sulfonamides is 1. The molecule has 0 amide bonds. The second-order valence-corrected chi connectivity index (χ2v) is 8.77. The van der Waals surface area contributed by atoms with Crippen LogP contribution in [-0.2, 0) is 16.6 Å². The van der Waals surface area contributed by atoms with Gasteiger partial charge in [-0.15, -0.1) is 0 Å². The van der Waals surface area contributed by atoms with Crippen molar-refractivity contribution in [1.29, 1.82) is 0 Å². The predicted octanol–water partition coefficient (Wildman–Crippen LogP) is 2.40. The molecule has 1 aromatic carbocycles. The zero-order valence-corrected chi connectivity index (χ0v) is 15.4. The minimum atomic E-state index is -3.11. The quantitative estimate of drug-likeness (QED) is 0.852. The number of aromatic nitrogens is 1. The fourth-order valence-corrected chi connectivity index (χ4v) is 4.23. The zero-order chi connectivity index (χ0) is 17.3. The van der Waals surface area contributed by atoms with Crippen molar-refractivity contribution >= 4 is 20.9 Å². The lowest BCUT2D eigenvalue weighted by atomic mass is 10.0. The molecule has 0 saturated carbocycles. The zero-order valence-electron chi connectivity index (χ0n) is 14.6. The maximum Gasteiger partial charge on any atom is 0.211 e. The Labute approximate surface area is 144 Å². The van der Waals surface area contributed by atoms with Gasteiger partial charge in [0.15, 0.2) is 0 Å². The lowest BCUT2D eigenvalue weighted by molar-refractivity contribution is 0.164. The molecule has 0 bridgehead atoms. The first kappa shape index (κ1) is 17.3. The largest absolute Gasteiger partial charge is 0.299 e. The van der Waals surface area contributed by atoms with Crippen molar-refractivity contribution in [2.75, 3.05) is 26.4 Å². The number of fused-ring (bicyclic) bond motifs is 1. The Morgan fingerprint density at radius 3 is 2.58 bits per heavy atom. The molecule has 1 fully saturated rings. The van der Waals surface area contributed by atoms with Gasteiger partial charge in [-0.1, -0.05) is 18.2 Å². The van der Waals surface area contributed by atoms with E-state index >= 15 is 0 Å². The summed E-state index contributed by atoms with van der Waals surface area (Å²) in [7, 11) is -1.42. The van der Waals surface area contributed by atoms with E-state index < -0.39 is 10.0 Å². The number of piperidine rings is 1. The minimum Gasteiger partial charge on any atom is -0.299 e. The number of para-hydroxylation sites is 1. The van der Waals surface area contributed by atoms with E-state index in [1.54, 1.807) is 7.05 Å². The van der Waals surface area contributed by atoms with Crippen LogP contribution in [0.2, 0.25) is 0 Å². The Morgan fingerprint density at radius 1 is 1.25 bits per heavy atom. The Morgan fingerprint density at radius 2 is 1.92 bits per heavy atom. The van der Waals surface area contributed by atoms with Crippen LogP contribution in [0.1, 0.15) is 24.1 Å². The first-order valence-corrected chi connectivity index (χ1v) is 10.2. The summed E-state index contributed by atoms with van der Waals surface area (Å²) in [5, 5.41) is 1.21. The highest BCUT2D eigenvalue weighted by Crippen LogP contribution is 2.23. The number of hydrogen-bond donors (Lipinski definition) is 0. The van der Waals surface area contributed by atoms with Gasteiger partial charge in [0.2, 0.25) is 10.0 Å². The van der Waals surface area contributed by atoms with Crippen LogP contribution in [0, 0.1) is 6.92 Å². The smallest absolute Gasteiger partial charge is 0.211 e. The minimum absolute atomic E-state index is 0.118. The van der Waals surface area contributed by atoms with Crippen molar-refractivity contribution in [3.63, 3.8) is 0 Å². The second-order valence-electron chi connectivity index (χ2n) is 6.73. The third-order valence-corrected chi connectivity index (χ3v) is 6.26. The molecule has 2 aromatic rings. The highest BCUT2D eigenvalue weighted by molar-refractivity contribution is 7.88. The van der Waals surface area contributed by atoms with E-state index in [0.29, 0.717) is 0 Å². The highest BCUT2D eigenvalue weighted by Gasteiger charge is 2.27. The van der Waals surface area contributed by atoms with Gasteiger partial charge < -0.3 is 0 Å². The molecule has 0 aliphatic carbocycles. The van der Waals surface area contributed by atoms with E-state index in [4.69, 9.17) is 0 Å². The molecule has 1 saturated heterocycles. The van der Waals surface area contributed by atoms with E-state index in [0.717, 1.165) is 43.7 Å². The van der Waals surface area contributed by atoms with E-state index in [-0.39, 0.29) is 6.04 Å². The van der Waals surface area contributed by atoms with Crippen LogP contribution in [-0.4, -0.2) is 55.0 Å². The third-order valence-electron chi connectivity index (χ3n) is 4.92. The van der Waals surface area contributed by atoms with Gasteiger partial charge in [0.05, 0.1) is 11.8 Å². The molecule has 24 heavy (non-hydrogen) atoms. The molecule has 2 heterocycles. The molecular weight excluding hydrogens is 322 g/mol. The van der Waals surface area contributed by atoms with Gasteiger partial charge in [-0.2, -0.15) is 0 Å². The lowest BCUT2D eigenvalue weighted by Gasteiger charge is -2.35. The van der Waals surface area contributed by atoms with Crippen LogP contribution in [0.4, 0.5) is 0 Å². The fraction of sp³-hybridized carbons (Fsp3) is 0.500. The van der Waals surface area contributed by atoms with E-state index in [9.17, 15) is 8.42 Å². The molecule has 3 rings (SSSR count). The van der Waals surface area contributed by atoms with Gasteiger partial charge in [0, 0.05) is 43.8 Å². The Balaban J connectivity index is 1.71. The van der Waals surface area contributed by atoms with Gasteiger partial charge in [0.1, 0.15) is 0 Å². The van der Waals surface area contributed by atoms with Gasteiger partial charge in [0.25, 0.3) is 0 Å². The number of aryl methyl sites for hydroxylation is 1. The average Bonchev–Trinajstić information content (AvgIpc) is 2.54. The van der Waals surface area contributed by atoms with E-state index in [1.807, 2.05) is 13.0 Å². The Kier molecular flexibility index (Phi) is 4.90. The van der Waals surface area contributed by atoms with Crippen LogP contribution in [0.25, 0.3) is 10.9 Å². The van der Waals surface area contributed by atoms with Crippen molar-refractivity contribution in [1.82, 2.24) is 14.2 Å². The van der Waals surface area contributed by atoms with Crippen molar-refractivity contribution in [3.8, 4) is 0 Å². The first-order valence-electron chi connectivity index (χ1n) is 8.35. The molecule has 5 nitrogen and oxygen atoms in total. The van der Waals surface area contributed by atoms with Crippen molar-refractivity contribution in [2.45, 2.75) is 32.4 Å². The number of pyridine rings is 1. The van der Waals surface area contributed by atoms with Crippen LogP contribution in [0.5, 0.6) is 0 Å². The molecule has 130 valence electrons. The van der Waals surface area contributed by atoms with Gasteiger partial charge in [-0.05, 0) is 37.5 Å². The second kappa shape index (κ2) is 6.78. The summed E-state index contributed by atoms with van der Waals surface area (Å²) < 4.78 is 24.9. The van der Waals surface area contributed by atoms with Gasteiger partial charge in [-0.3, -0.25) is 9.88 Å². The number of rotatable bonds is 4. The molecule has 0 unspecified atom stereocenters. The molecule has 0 spiro atoms. The molecular formula is C18H25N3O2S. The highest BCUT2D eigenvalue weighted by atomic mass is 32.2.